The number of sulfonamides is 1. The maximum absolute atomic E-state index is 14.2. The molecule has 1 N–H and O–H groups in total. The van der Waals surface area contributed by atoms with Crippen molar-refractivity contribution in [3.63, 3.8) is 0 Å². The second-order valence-corrected chi connectivity index (χ2v) is 13.1. The number of aryl methyl sites for hydroxylation is 1. The average Bonchev–Trinajstić information content (AvgIpc) is 2.89. The molecule has 0 aromatic heterocycles. The number of anilines is 1. The Morgan fingerprint density at radius 1 is 0.900 bits per heavy atom. The van der Waals surface area contributed by atoms with Gasteiger partial charge in [0.25, 0.3) is 0 Å². The van der Waals surface area contributed by atoms with Gasteiger partial charge in [-0.05, 0) is 56.0 Å². The number of nitrogens with zero attached hydrogens (tertiary/aromatic N) is 2. The minimum Gasteiger partial charge on any atom is -0.350 e. The van der Waals surface area contributed by atoms with Crippen molar-refractivity contribution >= 4 is 39.1 Å². The van der Waals surface area contributed by atoms with Gasteiger partial charge in [0.05, 0.1) is 11.9 Å². The molecule has 214 valence electrons. The molecule has 0 bridgehead atoms. The van der Waals surface area contributed by atoms with E-state index in [1.54, 1.807) is 30.3 Å². The molecular weight excluding hydrogens is 546 g/mol. The van der Waals surface area contributed by atoms with Crippen LogP contribution in [0.15, 0.2) is 78.9 Å². The highest BCUT2D eigenvalue weighted by molar-refractivity contribution is 7.92. The molecular formula is C31H38ClN3O4S. The minimum absolute atomic E-state index is 0.0284. The molecule has 9 heteroatoms. The van der Waals surface area contributed by atoms with Crippen LogP contribution in [0.5, 0.6) is 0 Å². The van der Waals surface area contributed by atoms with Gasteiger partial charge in [-0.2, -0.15) is 0 Å². The number of hydrogen-bond acceptors (Lipinski definition) is 4. The molecule has 2 amide bonds. The summed E-state index contributed by atoms with van der Waals surface area (Å²) in [6.07, 6.45) is 1.91. The smallest absolute Gasteiger partial charge is 0.244 e. The summed E-state index contributed by atoms with van der Waals surface area (Å²) < 4.78 is 27.1. The number of para-hydroxylation sites is 1. The summed E-state index contributed by atoms with van der Waals surface area (Å²) in [6.45, 7) is 7.11. The fourth-order valence-corrected chi connectivity index (χ4v) is 5.54. The summed E-state index contributed by atoms with van der Waals surface area (Å²) in [6, 6.07) is 22.7. The van der Waals surface area contributed by atoms with E-state index in [2.05, 4.69) is 5.32 Å². The summed E-state index contributed by atoms with van der Waals surface area (Å²) in [5.74, 6) is -0.849. The summed E-state index contributed by atoms with van der Waals surface area (Å²) in [4.78, 5) is 29.4. The van der Waals surface area contributed by atoms with E-state index in [1.807, 2.05) is 76.2 Å². The van der Waals surface area contributed by atoms with Crippen LogP contribution in [0.25, 0.3) is 0 Å². The molecule has 0 aliphatic heterocycles. The van der Waals surface area contributed by atoms with Crippen LogP contribution in [-0.4, -0.2) is 49.5 Å². The van der Waals surface area contributed by atoms with E-state index in [1.165, 1.54) is 4.90 Å². The highest BCUT2D eigenvalue weighted by Crippen LogP contribution is 2.25. The lowest BCUT2D eigenvalue weighted by molar-refractivity contribution is -0.140. The standard InChI is InChI=1S/C31H38ClN3O4S/c1-6-24-16-11-13-19-27(24)35(40(5,38)39)22-29(36)34(21-25-17-10-12-18-26(25)32)28(30(37)33-31(2,3)4)20-23-14-8-7-9-15-23/h7-19,28H,6,20-22H2,1-5H3,(H,33,37)/t28-/m1/s1. The van der Waals surface area contributed by atoms with Crippen molar-refractivity contribution in [2.45, 2.75) is 58.7 Å². The van der Waals surface area contributed by atoms with E-state index >= 15 is 0 Å². The summed E-state index contributed by atoms with van der Waals surface area (Å²) in [5.41, 5.74) is 2.20. The van der Waals surface area contributed by atoms with Crippen molar-refractivity contribution in [1.82, 2.24) is 10.2 Å². The monoisotopic (exact) mass is 583 g/mol. The zero-order valence-electron chi connectivity index (χ0n) is 23.7. The molecule has 0 fully saturated rings. The lowest BCUT2D eigenvalue weighted by Gasteiger charge is -2.35. The topological polar surface area (TPSA) is 86.8 Å². The van der Waals surface area contributed by atoms with Gasteiger partial charge in [0.15, 0.2) is 0 Å². The first-order valence-electron chi connectivity index (χ1n) is 13.2. The maximum Gasteiger partial charge on any atom is 0.244 e. The van der Waals surface area contributed by atoms with Crippen LogP contribution >= 0.6 is 11.6 Å². The van der Waals surface area contributed by atoms with Crippen molar-refractivity contribution in [3.05, 3.63) is 101 Å². The number of amides is 2. The van der Waals surface area contributed by atoms with Crippen LogP contribution in [0.2, 0.25) is 5.02 Å². The third-order valence-electron chi connectivity index (χ3n) is 6.39. The van der Waals surface area contributed by atoms with Gasteiger partial charge in [-0.25, -0.2) is 8.42 Å². The molecule has 0 heterocycles. The maximum atomic E-state index is 14.2. The number of carbonyl (C=O) groups excluding carboxylic acids is 2. The first-order valence-corrected chi connectivity index (χ1v) is 15.5. The number of nitrogens with one attached hydrogen (secondary N) is 1. The molecule has 0 radical (unpaired) electrons. The molecule has 0 unspecified atom stereocenters. The van der Waals surface area contributed by atoms with Crippen LogP contribution in [0.3, 0.4) is 0 Å². The van der Waals surface area contributed by atoms with Crippen molar-refractivity contribution in [2.24, 2.45) is 0 Å². The van der Waals surface area contributed by atoms with Gasteiger partial charge in [0.1, 0.15) is 12.6 Å². The normalized spacial score (nSPS) is 12.4. The Balaban J connectivity index is 2.11. The highest BCUT2D eigenvalue weighted by atomic mass is 35.5. The third kappa shape index (κ3) is 8.57. The summed E-state index contributed by atoms with van der Waals surface area (Å²) in [7, 11) is -3.83. The lowest BCUT2D eigenvalue weighted by atomic mass is 10.0. The predicted octanol–water partition coefficient (Wildman–Crippen LogP) is 5.22. The van der Waals surface area contributed by atoms with Crippen molar-refractivity contribution in [2.75, 3.05) is 17.1 Å². The molecule has 0 spiro atoms. The van der Waals surface area contributed by atoms with Crippen LogP contribution in [-0.2, 0) is 39.0 Å². The lowest BCUT2D eigenvalue weighted by Crippen LogP contribution is -2.56. The highest BCUT2D eigenvalue weighted by Gasteiger charge is 2.34. The van der Waals surface area contributed by atoms with Gasteiger partial charge in [-0.1, -0.05) is 85.3 Å². The minimum atomic E-state index is -3.83. The largest absolute Gasteiger partial charge is 0.350 e. The molecule has 0 aliphatic carbocycles. The Kier molecular flexibility index (Phi) is 10.4. The SMILES string of the molecule is CCc1ccccc1N(CC(=O)N(Cc1ccccc1Cl)[C@H](Cc1ccccc1)C(=O)NC(C)(C)C)S(C)(=O)=O. The zero-order valence-corrected chi connectivity index (χ0v) is 25.3. The first kappa shape index (κ1) is 31.2. The Morgan fingerprint density at radius 3 is 2.05 bits per heavy atom. The van der Waals surface area contributed by atoms with Gasteiger partial charge in [-0.15, -0.1) is 0 Å². The van der Waals surface area contributed by atoms with Gasteiger partial charge < -0.3 is 10.2 Å². The molecule has 3 rings (SSSR count). The summed E-state index contributed by atoms with van der Waals surface area (Å²) >= 11 is 6.49. The molecule has 40 heavy (non-hydrogen) atoms. The first-order chi connectivity index (χ1) is 18.8. The molecule has 3 aromatic carbocycles. The Morgan fingerprint density at radius 2 is 1.48 bits per heavy atom. The number of benzene rings is 3. The van der Waals surface area contributed by atoms with Crippen LogP contribution < -0.4 is 9.62 Å². The van der Waals surface area contributed by atoms with Crippen LogP contribution in [0, 0.1) is 0 Å². The van der Waals surface area contributed by atoms with Gasteiger partial charge in [0.2, 0.25) is 21.8 Å². The Labute approximate surface area is 243 Å². The van der Waals surface area contributed by atoms with Gasteiger partial charge in [-0.3, -0.25) is 13.9 Å². The number of halogens is 1. The molecule has 7 nitrogen and oxygen atoms in total. The third-order valence-corrected chi connectivity index (χ3v) is 7.88. The van der Waals surface area contributed by atoms with Crippen molar-refractivity contribution in [1.29, 1.82) is 0 Å². The van der Waals surface area contributed by atoms with E-state index in [0.717, 1.165) is 21.7 Å². The van der Waals surface area contributed by atoms with Gasteiger partial charge >= 0.3 is 0 Å². The fourth-order valence-electron chi connectivity index (χ4n) is 4.46. The Hall–Kier alpha value is -3.36. The van der Waals surface area contributed by atoms with E-state index in [9.17, 15) is 18.0 Å². The van der Waals surface area contributed by atoms with Gasteiger partial charge in [0, 0.05) is 23.5 Å². The number of carbonyl (C=O) groups is 2. The second kappa shape index (κ2) is 13.3. The molecule has 0 saturated heterocycles. The molecule has 0 aliphatic rings. The predicted molar refractivity (Wildman–Crippen MR) is 162 cm³/mol. The van der Waals surface area contributed by atoms with Crippen LogP contribution in [0.4, 0.5) is 5.69 Å². The van der Waals surface area contributed by atoms with E-state index in [-0.39, 0.29) is 18.9 Å². The van der Waals surface area contributed by atoms with E-state index in [4.69, 9.17) is 11.6 Å². The number of rotatable bonds is 11. The Bertz CT molecular complexity index is 1420. The van der Waals surface area contributed by atoms with Crippen molar-refractivity contribution < 1.29 is 18.0 Å². The average molecular weight is 584 g/mol. The van der Waals surface area contributed by atoms with Crippen molar-refractivity contribution in [3.8, 4) is 0 Å². The molecule has 0 saturated carbocycles. The quantitative estimate of drug-likeness (QED) is 0.335. The summed E-state index contributed by atoms with van der Waals surface area (Å²) in [5, 5.41) is 3.46. The van der Waals surface area contributed by atoms with E-state index in [0.29, 0.717) is 22.7 Å². The molecule has 3 aromatic rings. The fraction of sp³-hybridized carbons (Fsp3) is 0.355. The van der Waals surface area contributed by atoms with Crippen LogP contribution in [0.1, 0.15) is 44.4 Å². The zero-order chi connectivity index (χ0) is 29.5. The second-order valence-electron chi connectivity index (χ2n) is 10.8. The molecule has 1 atom stereocenters. The number of hydrogen-bond donors (Lipinski definition) is 1. The van der Waals surface area contributed by atoms with E-state index < -0.39 is 34.1 Å².